The number of halogens is 1. The van der Waals surface area contributed by atoms with Gasteiger partial charge in [0.2, 0.25) is 11.1 Å². The van der Waals surface area contributed by atoms with Crippen LogP contribution in [-0.2, 0) is 9.59 Å². The summed E-state index contributed by atoms with van der Waals surface area (Å²) in [6.07, 6.45) is 32.4. The molecular formula is C40H63ClN2O2. The number of carbonyl (C=O) groups is 2. The third-order valence-electron chi connectivity index (χ3n) is 15.5. The lowest BCUT2D eigenvalue weighted by Crippen LogP contribution is -2.59. The Morgan fingerprint density at radius 1 is 0.556 bits per heavy atom. The minimum atomic E-state index is -0.0731. The van der Waals surface area contributed by atoms with Gasteiger partial charge in [-0.25, -0.2) is 0 Å². The van der Waals surface area contributed by atoms with Gasteiger partial charge in [-0.15, -0.1) is 0 Å². The number of carbonyl (C=O) groups excluding carboxylic acids is 2. The first-order valence-corrected chi connectivity index (χ1v) is 20.5. The second-order valence-corrected chi connectivity index (χ2v) is 19.0. The molecule has 4 atom stereocenters. The molecule has 12 aliphatic rings. The van der Waals surface area contributed by atoms with Crippen LogP contribution in [0.2, 0.25) is 0 Å². The highest BCUT2D eigenvalue weighted by Gasteiger charge is 2.57. The molecule has 0 radical (unpaired) electrons. The van der Waals surface area contributed by atoms with Crippen LogP contribution in [0.15, 0.2) is 0 Å². The summed E-state index contributed by atoms with van der Waals surface area (Å²) in [6.45, 7) is 2.35. The average molecular weight is 639 g/mol. The molecule has 0 aromatic heterocycles. The minimum Gasteiger partial charge on any atom is -0.339 e. The third-order valence-corrected chi connectivity index (χ3v) is 15.9. The largest absolute Gasteiger partial charge is 0.339 e. The summed E-state index contributed by atoms with van der Waals surface area (Å²) in [5.74, 6) is 7.65. The summed E-state index contributed by atoms with van der Waals surface area (Å²) in [5, 5.41) is 3.59. The van der Waals surface area contributed by atoms with Crippen molar-refractivity contribution in [2.45, 2.75) is 166 Å². The molecule has 45 heavy (non-hydrogen) atoms. The molecule has 12 fully saturated rings. The zero-order chi connectivity index (χ0) is 30.6. The summed E-state index contributed by atoms with van der Waals surface area (Å²) >= 11 is 5.76. The summed E-state index contributed by atoms with van der Waals surface area (Å²) in [4.78, 5) is 27.5. The highest BCUT2D eigenvalue weighted by Crippen LogP contribution is 2.62. The number of nitrogens with zero attached hydrogens (tertiary/aromatic N) is 1. The fourth-order valence-electron chi connectivity index (χ4n) is 14.4. The maximum absolute atomic E-state index is 13.6. The summed E-state index contributed by atoms with van der Waals surface area (Å²) in [7, 11) is 0. The monoisotopic (exact) mass is 638 g/mol. The minimum absolute atomic E-state index is 0.0356. The first-order valence-electron chi connectivity index (χ1n) is 20.1. The molecule has 2 aliphatic heterocycles. The highest BCUT2D eigenvalue weighted by atomic mass is 35.5. The molecule has 0 aromatic carbocycles. The van der Waals surface area contributed by atoms with Crippen molar-refractivity contribution >= 4 is 22.8 Å². The van der Waals surface area contributed by atoms with E-state index in [1.807, 2.05) is 0 Å². The Bertz CT molecular complexity index is 990. The highest BCUT2D eigenvalue weighted by molar-refractivity contribution is 6.64. The van der Waals surface area contributed by atoms with Gasteiger partial charge in [0, 0.05) is 24.0 Å². The van der Waals surface area contributed by atoms with Gasteiger partial charge in [0.15, 0.2) is 0 Å². The van der Waals surface area contributed by atoms with E-state index in [9.17, 15) is 9.59 Å². The molecule has 252 valence electrons. The molecule has 1 amide bonds. The van der Waals surface area contributed by atoms with E-state index in [1.165, 1.54) is 141 Å². The van der Waals surface area contributed by atoms with E-state index in [0.717, 1.165) is 79.2 Å². The van der Waals surface area contributed by atoms with Crippen molar-refractivity contribution in [1.82, 2.24) is 10.2 Å². The lowest BCUT2D eigenvalue weighted by Gasteiger charge is -2.58. The number of nitrogens with one attached hydrogen (secondary N) is 1. The Hall–Kier alpha value is -0.610. The quantitative estimate of drug-likeness (QED) is 0.307. The standard InChI is InChI=1S/C20H31NO.C11H15ClO.C9H17N/c22-19(21-7-3-5-17-4-1-2-6-18(17)21)20-11-14-8-15(12-20)10-16(9-14)13-20;12-10(13)11-4-7-1-8(5-11)3-9(2-7)6-11;1-2-6-9-8(4-1)5-3-7-10-9/h14-18H,1-13H2;7-9H,1-6H2;8-10H,1-7H2/t14?,15?,16?,17-,18+,20?;;8-,9+/m1.1/s1. The number of amides is 1. The van der Waals surface area contributed by atoms with Crippen LogP contribution in [0, 0.1) is 58.2 Å². The van der Waals surface area contributed by atoms with Gasteiger partial charge in [0.1, 0.15) is 0 Å². The number of piperidine rings is 2. The van der Waals surface area contributed by atoms with Gasteiger partial charge in [-0.1, -0.05) is 25.7 Å². The normalized spacial score (nSPS) is 48.7. The molecule has 0 spiro atoms. The molecule has 0 aromatic rings. The van der Waals surface area contributed by atoms with Gasteiger partial charge in [0.25, 0.3) is 0 Å². The van der Waals surface area contributed by atoms with E-state index in [0.29, 0.717) is 11.9 Å². The molecule has 10 saturated carbocycles. The second kappa shape index (κ2) is 13.0. The lowest BCUT2D eigenvalue weighted by atomic mass is 9.49. The Morgan fingerprint density at radius 2 is 1.02 bits per heavy atom. The number of likely N-dealkylation sites (tertiary alicyclic amines) is 1. The number of fused-ring (bicyclic) bond motifs is 2. The molecule has 0 unspecified atom stereocenters. The molecule has 2 saturated heterocycles. The van der Waals surface area contributed by atoms with Crippen LogP contribution in [0.4, 0.5) is 0 Å². The Balaban J connectivity index is 0.000000111. The van der Waals surface area contributed by atoms with Gasteiger partial charge in [0.05, 0.1) is 5.41 Å². The zero-order valence-corrected chi connectivity index (χ0v) is 29.1. The SMILES string of the molecule is C1CC[C@@H]2NCCC[C@H]2C1.O=C(Cl)C12CC3CC(CC(C3)C1)C2.O=C(N1CCC[C@H]2CCCC[C@@H]21)C12CC3CC(CC(C3)C1)C2. The number of hydrogen-bond donors (Lipinski definition) is 1. The topological polar surface area (TPSA) is 49.4 Å². The Kier molecular flexibility index (Phi) is 9.15. The van der Waals surface area contributed by atoms with E-state index >= 15 is 0 Å². The van der Waals surface area contributed by atoms with Crippen LogP contribution < -0.4 is 5.32 Å². The van der Waals surface area contributed by atoms with E-state index in [4.69, 9.17) is 11.6 Å². The summed E-state index contributed by atoms with van der Waals surface area (Å²) in [6, 6.07) is 1.52. The van der Waals surface area contributed by atoms with Crippen LogP contribution in [0.3, 0.4) is 0 Å². The molecule has 12 rings (SSSR count). The Morgan fingerprint density at radius 3 is 1.58 bits per heavy atom. The first-order chi connectivity index (χ1) is 21.9. The van der Waals surface area contributed by atoms with Crippen molar-refractivity contribution in [3.63, 3.8) is 0 Å². The van der Waals surface area contributed by atoms with Crippen molar-refractivity contribution in [1.29, 1.82) is 0 Å². The fourth-order valence-corrected chi connectivity index (χ4v) is 14.6. The molecule has 10 aliphatic carbocycles. The van der Waals surface area contributed by atoms with Crippen LogP contribution in [-0.4, -0.2) is 41.2 Å². The third kappa shape index (κ3) is 6.33. The summed E-state index contributed by atoms with van der Waals surface area (Å²) < 4.78 is 0. The van der Waals surface area contributed by atoms with Crippen LogP contribution in [0.25, 0.3) is 0 Å². The lowest BCUT2D eigenvalue weighted by molar-refractivity contribution is -0.164. The van der Waals surface area contributed by atoms with E-state index in [-0.39, 0.29) is 16.1 Å². The van der Waals surface area contributed by atoms with E-state index < -0.39 is 0 Å². The predicted octanol–water partition coefficient (Wildman–Crippen LogP) is 9.28. The number of rotatable bonds is 2. The van der Waals surface area contributed by atoms with E-state index in [1.54, 1.807) is 0 Å². The average Bonchev–Trinajstić information content (AvgIpc) is 3.04. The molecule has 2 heterocycles. The van der Waals surface area contributed by atoms with Crippen molar-refractivity contribution in [2.75, 3.05) is 13.1 Å². The van der Waals surface area contributed by atoms with Crippen LogP contribution >= 0.6 is 11.6 Å². The summed E-state index contributed by atoms with van der Waals surface area (Å²) in [5.41, 5.74) is 0.0182. The molecule has 1 N–H and O–H groups in total. The van der Waals surface area contributed by atoms with Crippen LogP contribution in [0.5, 0.6) is 0 Å². The first kappa shape index (κ1) is 31.6. The maximum Gasteiger partial charge on any atom is 0.229 e. The molecule has 8 bridgehead atoms. The molecule has 4 nitrogen and oxygen atoms in total. The fraction of sp³-hybridized carbons (Fsp3) is 0.950. The zero-order valence-electron chi connectivity index (χ0n) is 28.3. The van der Waals surface area contributed by atoms with Crippen molar-refractivity contribution < 1.29 is 9.59 Å². The van der Waals surface area contributed by atoms with Crippen molar-refractivity contribution in [2.24, 2.45) is 58.2 Å². The van der Waals surface area contributed by atoms with Crippen molar-refractivity contribution in [3.8, 4) is 0 Å². The molecule has 5 heteroatoms. The molecular weight excluding hydrogens is 576 g/mol. The van der Waals surface area contributed by atoms with Gasteiger partial charge in [-0.2, -0.15) is 0 Å². The number of hydrogen-bond acceptors (Lipinski definition) is 3. The second-order valence-electron chi connectivity index (χ2n) is 18.7. The van der Waals surface area contributed by atoms with Crippen LogP contribution in [0.1, 0.15) is 154 Å². The van der Waals surface area contributed by atoms with Gasteiger partial charge in [-0.05, 0) is 194 Å². The van der Waals surface area contributed by atoms with Crippen molar-refractivity contribution in [3.05, 3.63) is 0 Å². The van der Waals surface area contributed by atoms with Gasteiger partial charge in [-0.3, -0.25) is 9.59 Å². The van der Waals surface area contributed by atoms with E-state index in [2.05, 4.69) is 10.2 Å². The van der Waals surface area contributed by atoms with Gasteiger partial charge < -0.3 is 10.2 Å². The van der Waals surface area contributed by atoms with Gasteiger partial charge >= 0.3 is 0 Å². The predicted molar refractivity (Wildman–Crippen MR) is 182 cm³/mol. The Labute approximate surface area is 279 Å². The smallest absolute Gasteiger partial charge is 0.229 e. The maximum atomic E-state index is 13.6.